The molecule has 102 valence electrons. The molecule has 1 saturated heterocycles. The number of ether oxygens (including phenoxy) is 3. The van der Waals surface area contributed by atoms with Crippen LogP contribution in [0, 0.1) is 0 Å². The molecule has 1 spiro atoms. The van der Waals surface area contributed by atoms with Gasteiger partial charge in [0.05, 0.1) is 19.3 Å². The minimum absolute atomic E-state index is 0.326. The van der Waals surface area contributed by atoms with Crippen molar-refractivity contribution >= 4 is 5.97 Å². The smallest absolute Gasteiger partial charge is 0.333 e. The standard InChI is InChI=1S/C13H20O5/c1-9(2)12(15)18-11-8-13(5-4-10(11)14)16-6-3-7-17-13/h10-11,14H,1,3-8H2,2H3. The first kappa shape index (κ1) is 13.5. The van der Waals surface area contributed by atoms with Gasteiger partial charge in [0.1, 0.15) is 6.10 Å². The van der Waals surface area contributed by atoms with Crippen molar-refractivity contribution in [1.29, 1.82) is 0 Å². The molecule has 1 saturated carbocycles. The third kappa shape index (κ3) is 2.91. The van der Waals surface area contributed by atoms with E-state index in [4.69, 9.17) is 14.2 Å². The van der Waals surface area contributed by atoms with Crippen molar-refractivity contribution in [3.8, 4) is 0 Å². The summed E-state index contributed by atoms with van der Waals surface area (Å²) in [5.74, 6) is -1.16. The molecule has 2 atom stereocenters. The van der Waals surface area contributed by atoms with Crippen molar-refractivity contribution in [3.63, 3.8) is 0 Å². The average Bonchev–Trinajstić information content (AvgIpc) is 2.35. The Kier molecular flexibility index (Phi) is 4.04. The molecule has 0 amide bonds. The van der Waals surface area contributed by atoms with Gasteiger partial charge in [-0.15, -0.1) is 0 Å². The number of carbonyl (C=O) groups excluding carboxylic acids is 1. The van der Waals surface area contributed by atoms with E-state index in [1.807, 2.05) is 0 Å². The van der Waals surface area contributed by atoms with E-state index in [0.717, 1.165) is 6.42 Å². The van der Waals surface area contributed by atoms with Crippen molar-refractivity contribution in [2.45, 2.75) is 50.6 Å². The number of esters is 1. The predicted octanol–water partition coefficient (Wildman–Crippen LogP) is 1.15. The Morgan fingerprint density at radius 3 is 2.72 bits per heavy atom. The minimum Gasteiger partial charge on any atom is -0.456 e. The van der Waals surface area contributed by atoms with Gasteiger partial charge in [-0.1, -0.05) is 6.58 Å². The second kappa shape index (κ2) is 5.38. The van der Waals surface area contributed by atoms with Gasteiger partial charge in [-0.05, 0) is 19.8 Å². The molecular formula is C13H20O5. The fourth-order valence-electron chi connectivity index (χ4n) is 2.34. The predicted molar refractivity (Wildman–Crippen MR) is 63.8 cm³/mol. The summed E-state index contributed by atoms with van der Waals surface area (Å²) in [4.78, 5) is 11.5. The van der Waals surface area contributed by atoms with Crippen LogP contribution in [0.25, 0.3) is 0 Å². The second-order valence-corrected chi connectivity index (χ2v) is 5.00. The molecule has 5 heteroatoms. The van der Waals surface area contributed by atoms with Crippen LogP contribution in [-0.2, 0) is 19.0 Å². The molecule has 0 aromatic carbocycles. The van der Waals surface area contributed by atoms with Gasteiger partial charge < -0.3 is 19.3 Å². The zero-order chi connectivity index (χ0) is 13.2. The van der Waals surface area contributed by atoms with E-state index in [9.17, 15) is 9.90 Å². The van der Waals surface area contributed by atoms with Gasteiger partial charge in [-0.25, -0.2) is 4.79 Å². The Labute approximate surface area is 107 Å². The summed E-state index contributed by atoms with van der Waals surface area (Å²) in [5.41, 5.74) is 0.326. The van der Waals surface area contributed by atoms with Gasteiger partial charge in [0.15, 0.2) is 5.79 Å². The summed E-state index contributed by atoms with van der Waals surface area (Å²) in [6, 6.07) is 0. The summed E-state index contributed by atoms with van der Waals surface area (Å²) in [7, 11) is 0. The SMILES string of the molecule is C=C(C)C(=O)OC1CC2(CCC1O)OCCCO2. The number of hydrogen-bond acceptors (Lipinski definition) is 5. The maximum atomic E-state index is 11.5. The van der Waals surface area contributed by atoms with Crippen molar-refractivity contribution in [2.24, 2.45) is 0 Å². The molecule has 18 heavy (non-hydrogen) atoms. The highest BCUT2D eigenvalue weighted by Gasteiger charge is 2.45. The zero-order valence-electron chi connectivity index (χ0n) is 10.7. The summed E-state index contributed by atoms with van der Waals surface area (Å²) in [5, 5.41) is 9.90. The third-order valence-corrected chi connectivity index (χ3v) is 3.39. The fraction of sp³-hybridized carbons (Fsp3) is 0.769. The lowest BCUT2D eigenvalue weighted by molar-refractivity contribution is -0.299. The van der Waals surface area contributed by atoms with Crippen LogP contribution in [-0.4, -0.2) is 42.3 Å². The van der Waals surface area contributed by atoms with Crippen LogP contribution >= 0.6 is 0 Å². The fourth-order valence-corrected chi connectivity index (χ4v) is 2.34. The third-order valence-electron chi connectivity index (χ3n) is 3.39. The van der Waals surface area contributed by atoms with Crippen LogP contribution in [0.15, 0.2) is 12.2 Å². The average molecular weight is 256 g/mol. The minimum atomic E-state index is -0.683. The molecule has 2 aliphatic rings. The monoisotopic (exact) mass is 256 g/mol. The molecule has 5 nitrogen and oxygen atoms in total. The van der Waals surface area contributed by atoms with Crippen molar-refractivity contribution in [3.05, 3.63) is 12.2 Å². The van der Waals surface area contributed by atoms with E-state index >= 15 is 0 Å². The molecule has 0 aromatic rings. The molecule has 1 N–H and O–H groups in total. The molecule has 1 heterocycles. The van der Waals surface area contributed by atoms with Gasteiger partial charge >= 0.3 is 5.97 Å². The molecular weight excluding hydrogens is 236 g/mol. The lowest BCUT2D eigenvalue weighted by Crippen LogP contribution is -2.51. The highest BCUT2D eigenvalue weighted by Crippen LogP contribution is 2.36. The van der Waals surface area contributed by atoms with Crippen LogP contribution in [0.4, 0.5) is 0 Å². The molecule has 2 fully saturated rings. The van der Waals surface area contributed by atoms with E-state index in [0.29, 0.717) is 38.0 Å². The molecule has 1 aliphatic heterocycles. The molecule has 1 aliphatic carbocycles. The van der Waals surface area contributed by atoms with Gasteiger partial charge in [0.2, 0.25) is 0 Å². The van der Waals surface area contributed by atoms with Gasteiger partial charge in [-0.2, -0.15) is 0 Å². The molecule has 0 radical (unpaired) electrons. The highest BCUT2D eigenvalue weighted by atomic mass is 16.7. The first-order valence-corrected chi connectivity index (χ1v) is 6.35. The van der Waals surface area contributed by atoms with Crippen molar-refractivity contribution in [1.82, 2.24) is 0 Å². The molecule has 2 unspecified atom stereocenters. The Balaban J connectivity index is 2.00. The molecule has 0 bridgehead atoms. The van der Waals surface area contributed by atoms with Crippen LogP contribution in [0.5, 0.6) is 0 Å². The maximum absolute atomic E-state index is 11.5. The summed E-state index contributed by atoms with van der Waals surface area (Å²) in [6.45, 7) is 6.42. The van der Waals surface area contributed by atoms with E-state index < -0.39 is 24.0 Å². The maximum Gasteiger partial charge on any atom is 0.333 e. The van der Waals surface area contributed by atoms with E-state index in [-0.39, 0.29) is 0 Å². The Morgan fingerprint density at radius 1 is 1.44 bits per heavy atom. The topological polar surface area (TPSA) is 65.0 Å². The Hall–Kier alpha value is -0.910. The lowest BCUT2D eigenvalue weighted by atomic mass is 9.88. The van der Waals surface area contributed by atoms with E-state index in [2.05, 4.69) is 6.58 Å². The lowest BCUT2D eigenvalue weighted by Gasteiger charge is -2.44. The van der Waals surface area contributed by atoms with Gasteiger partial charge in [-0.3, -0.25) is 0 Å². The summed E-state index contributed by atoms with van der Waals surface area (Å²) >= 11 is 0. The van der Waals surface area contributed by atoms with Gasteiger partial charge in [0.25, 0.3) is 0 Å². The van der Waals surface area contributed by atoms with Crippen LogP contribution in [0.3, 0.4) is 0 Å². The number of carbonyl (C=O) groups is 1. The van der Waals surface area contributed by atoms with E-state index in [1.165, 1.54) is 0 Å². The zero-order valence-corrected chi connectivity index (χ0v) is 10.7. The number of rotatable bonds is 2. The largest absolute Gasteiger partial charge is 0.456 e. The first-order valence-electron chi connectivity index (χ1n) is 6.35. The van der Waals surface area contributed by atoms with Crippen molar-refractivity contribution in [2.75, 3.05) is 13.2 Å². The van der Waals surface area contributed by atoms with Crippen LogP contribution in [0.1, 0.15) is 32.6 Å². The summed E-state index contributed by atoms with van der Waals surface area (Å²) < 4.78 is 16.6. The number of hydrogen-bond donors (Lipinski definition) is 1. The first-order chi connectivity index (χ1) is 8.52. The Morgan fingerprint density at radius 2 is 2.11 bits per heavy atom. The molecule has 2 rings (SSSR count). The quantitative estimate of drug-likeness (QED) is 0.593. The highest BCUT2D eigenvalue weighted by molar-refractivity contribution is 5.87. The second-order valence-electron chi connectivity index (χ2n) is 5.00. The van der Waals surface area contributed by atoms with E-state index in [1.54, 1.807) is 6.92 Å². The number of aliphatic hydroxyl groups excluding tert-OH is 1. The van der Waals surface area contributed by atoms with Crippen molar-refractivity contribution < 1.29 is 24.1 Å². The van der Waals surface area contributed by atoms with Crippen LogP contribution in [0.2, 0.25) is 0 Å². The summed E-state index contributed by atoms with van der Waals surface area (Å²) in [6.07, 6.45) is 1.16. The normalized spacial score (nSPS) is 31.0. The number of aliphatic hydroxyl groups is 1. The Bertz CT molecular complexity index is 332. The van der Waals surface area contributed by atoms with Crippen LogP contribution < -0.4 is 0 Å². The molecule has 0 aromatic heterocycles. The van der Waals surface area contributed by atoms with Gasteiger partial charge in [0, 0.05) is 18.4 Å².